The zero-order valence-electron chi connectivity index (χ0n) is 13.8. The van der Waals surface area contributed by atoms with Crippen LogP contribution in [0.2, 0.25) is 0 Å². The molecule has 2 rings (SSSR count). The topological polar surface area (TPSA) is 146 Å². The first-order valence-corrected chi connectivity index (χ1v) is 9.19. The largest absolute Gasteiger partial charge is 0.387 e. The SMILES string of the molecule is CC1(COCC2OC(O)C(O)C(O)C2O)CCC(C)(O[PH](=O)O)C1. The fourth-order valence-electron chi connectivity index (χ4n) is 3.56. The predicted octanol–water partition coefficient (Wildman–Crippen LogP) is -0.850. The van der Waals surface area contributed by atoms with Crippen molar-refractivity contribution in [2.24, 2.45) is 5.41 Å². The standard InChI is InChI=1S/C14H27O9P/c1-13(3-4-14(2,6-13)23-24(19)20)7-21-5-8-9(15)10(16)11(17)12(18)22-8/h8-12,15-18,24H,3-7H2,1-2H3,(H,19,20). The van der Waals surface area contributed by atoms with E-state index < -0.39 is 44.6 Å². The maximum atomic E-state index is 10.9. The van der Waals surface area contributed by atoms with E-state index in [-0.39, 0.29) is 12.0 Å². The minimum Gasteiger partial charge on any atom is -0.387 e. The molecule has 1 heterocycles. The van der Waals surface area contributed by atoms with Crippen molar-refractivity contribution in [3.8, 4) is 0 Å². The highest BCUT2D eigenvalue weighted by molar-refractivity contribution is 7.32. The van der Waals surface area contributed by atoms with Crippen LogP contribution in [-0.2, 0) is 18.6 Å². The van der Waals surface area contributed by atoms with Crippen LogP contribution in [0.3, 0.4) is 0 Å². The Labute approximate surface area is 141 Å². The maximum Gasteiger partial charge on any atom is 0.317 e. The van der Waals surface area contributed by atoms with Crippen LogP contribution in [0.25, 0.3) is 0 Å². The van der Waals surface area contributed by atoms with Crippen LogP contribution in [0.4, 0.5) is 0 Å². The van der Waals surface area contributed by atoms with Crippen molar-refractivity contribution in [1.29, 1.82) is 0 Å². The van der Waals surface area contributed by atoms with Crippen molar-refractivity contribution in [2.75, 3.05) is 13.2 Å². The Morgan fingerprint density at radius 3 is 2.42 bits per heavy atom. The molecule has 0 radical (unpaired) electrons. The molecule has 8 atom stereocenters. The second-order valence-corrected chi connectivity index (χ2v) is 8.09. The summed E-state index contributed by atoms with van der Waals surface area (Å²) < 4.78 is 26.7. The fraction of sp³-hybridized carbons (Fsp3) is 1.00. The van der Waals surface area contributed by atoms with E-state index in [1.165, 1.54) is 0 Å². The second kappa shape index (κ2) is 7.65. The summed E-state index contributed by atoms with van der Waals surface area (Å²) >= 11 is 0. The van der Waals surface area contributed by atoms with Crippen molar-refractivity contribution < 1.29 is 43.9 Å². The molecule has 1 aliphatic heterocycles. The average Bonchev–Trinajstić information content (AvgIpc) is 2.76. The summed E-state index contributed by atoms with van der Waals surface area (Å²) in [6.45, 7) is 4.01. The molecule has 8 unspecified atom stereocenters. The van der Waals surface area contributed by atoms with E-state index in [4.69, 9.17) is 18.9 Å². The molecule has 5 N–H and O–H groups in total. The molecule has 0 amide bonds. The molecule has 142 valence electrons. The van der Waals surface area contributed by atoms with Crippen molar-refractivity contribution in [1.82, 2.24) is 0 Å². The Bertz CT molecular complexity index is 464. The first kappa shape index (κ1) is 20.2. The zero-order chi connectivity index (χ0) is 18.1. The van der Waals surface area contributed by atoms with Crippen LogP contribution in [0.5, 0.6) is 0 Å². The van der Waals surface area contributed by atoms with E-state index in [9.17, 15) is 25.0 Å². The molecule has 0 aromatic heterocycles. The molecule has 24 heavy (non-hydrogen) atoms. The van der Waals surface area contributed by atoms with Gasteiger partial charge in [-0.05, 0) is 31.6 Å². The molecule has 0 bridgehead atoms. The highest BCUT2D eigenvalue weighted by Crippen LogP contribution is 2.48. The normalized spacial score (nSPS) is 47.7. The van der Waals surface area contributed by atoms with E-state index >= 15 is 0 Å². The number of aliphatic hydroxyl groups excluding tert-OH is 4. The lowest BCUT2D eigenvalue weighted by Gasteiger charge is -2.38. The van der Waals surface area contributed by atoms with Gasteiger partial charge >= 0.3 is 8.25 Å². The van der Waals surface area contributed by atoms with Crippen molar-refractivity contribution in [3.63, 3.8) is 0 Å². The fourth-order valence-corrected chi connectivity index (χ4v) is 4.15. The lowest BCUT2D eigenvalue weighted by Crippen LogP contribution is -2.58. The van der Waals surface area contributed by atoms with Gasteiger partial charge in [0.2, 0.25) is 0 Å². The van der Waals surface area contributed by atoms with Gasteiger partial charge in [0.25, 0.3) is 0 Å². The van der Waals surface area contributed by atoms with Gasteiger partial charge in [0.15, 0.2) is 6.29 Å². The summed E-state index contributed by atoms with van der Waals surface area (Å²) in [6, 6.07) is 0. The van der Waals surface area contributed by atoms with E-state index in [2.05, 4.69) is 0 Å². The van der Waals surface area contributed by atoms with Crippen LogP contribution < -0.4 is 0 Å². The summed E-state index contributed by atoms with van der Waals surface area (Å²) in [5.41, 5.74) is -0.928. The number of hydrogen-bond acceptors (Lipinski definition) is 8. The van der Waals surface area contributed by atoms with Gasteiger partial charge in [0.1, 0.15) is 24.4 Å². The molecule has 10 heteroatoms. The van der Waals surface area contributed by atoms with Gasteiger partial charge in [-0.25, -0.2) is 0 Å². The molecule has 1 saturated heterocycles. The number of rotatable bonds is 6. The lowest BCUT2D eigenvalue weighted by molar-refractivity contribution is -0.289. The number of hydrogen-bond donors (Lipinski definition) is 5. The van der Waals surface area contributed by atoms with E-state index in [1.807, 2.05) is 6.92 Å². The molecule has 0 aromatic rings. The first-order valence-electron chi connectivity index (χ1n) is 7.93. The van der Waals surface area contributed by atoms with Crippen LogP contribution in [-0.4, -0.2) is 74.8 Å². The van der Waals surface area contributed by atoms with Gasteiger partial charge in [-0.3, -0.25) is 4.57 Å². The molecule has 2 fully saturated rings. The maximum absolute atomic E-state index is 10.9. The molecule has 0 spiro atoms. The molecular weight excluding hydrogens is 343 g/mol. The minimum atomic E-state index is -3.01. The smallest absolute Gasteiger partial charge is 0.317 e. The van der Waals surface area contributed by atoms with Crippen molar-refractivity contribution in [3.05, 3.63) is 0 Å². The second-order valence-electron chi connectivity index (χ2n) is 7.36. The summed E-state index contributed by atoms with van der Waals surface area (Å²) in [6.07, 6.45) is -5.06. The Morgan fingerprint density at radius 2 is 1.79 bits per heavy atom. The monoisotopic (exact) mass is 370 g/mol. The quantitative estimate of drug-likeness (QED) is 0.377. The van der Waals surface area contributed by atoms with Gasteiger partial charge in [-0.1, -0.05) is 6.92 Å². The summed E-state index contributed by atoms with van der Waals surface area (Å²) in [7, 11) is -3.01. The third kappa shape index (κ3) is 4.75. The Hall–Kier alpha value is -0.0900. The van der Waals surface area contributed by atoms with E-state index in [1.54, 1.807) is 6.92 Å². The first-order chi connectivity index (χ1) is 11.1. The van der Waals surface area contributed by atoms with Crippen LogP contribution in [0.15, 0.2) is 0 Å². The van der Waals surface area contributed by atoms with Crippen molar-refractivity contribution >= 4 is 8.25 Å². The molecule has 0 aromatic carbocycles. The summed E-state index contributed by atoms with van der Waals surface area (Å²) in [5, 5.41) is 38.4. The molecule has 9 nitrogen and oxygen atoms in total. The van der Waals surface area contributed by atoms with E-state index in [0.29, 0.717) is 19.4 Å². The number of ether oxygens (including phenoxy) is 2. The third-order valence-electron chi connectivity index (χ3n) is 4.81. The number of aliphatic hydroxyl groups is 4. The van der Waals surface area contributed by atoms with Gasteiger partial charge in [0.05, 0.1) is 18.8 Å². The Kier molecular flexibility index (Phi) is 6.45. The van der Waals surface area contributed by atoms with Gasteiger partial charge in [-0.2, -0.15) is 0 Å². The lowest BCUT2D eigenvalue weighted by atomic mass is 9.88. The molecular formula is C14H27O9P. The Morgan fingerprint density at radius 1 is 1.12 bits per heavy atom. The van der Waals surface area contributed by atoms with Crippen LogP contribution in [0, 0.1) is 5.41 Å². The van der Waals surface area contributed by atoms with Gasteiger partial charge in [0, 0.05) is 0 Å². The summed E-state index contributed by atoms with van der Waals surface area (Å²) in [4.78, 5) is 8.98. The average molecular weight is 370 g/mol. The van der Waals surface area contributed by atoms with E-state index in [0.717, 1.165) is 6.42 Å². The third-order valence-corrected chi connectivity index (χ3v) is 5.48. The highest BCUT2D eigenvalue weighted by Gasteiger charge is 2.46. The Balaban J connectivity index is 1.83. The van der Waals surface area contributed by atoms with Gasteiger partial charge in [-0.15, -0.1) is 0 Å². The van der Waals surface area contributed by atoms with Crippen LogP contribution >= 0.6 is 8.25 Å². The molecule has 1 aliphatic carbocycles. The van der Waals surface area contributed by atoms with Crippen LogP contribution in [0.1, 0.15) is 33.1 Å². The molecule has 2 aliphatic rings. The minimum absolute atomic E-state index is 0.0637. The van der Waals surface area contributed by atoms with Crippen molar-refractivity contribution in [2.45, 2.75) is 69.4 Å². The summed E-state index contributed by atoms with van der Waals surface area (Å²) in [5.74, 6) is 0. The molecule has 1 saturated carbocycles. The highest BCUT2D eigenvalue weighted by atomic mass is 31.1. The zero-order valence-corrected chi connectivity index (χ0v) is 14.8. The van der Waals surface area contributed by atoms with Gasteiger partial charge < -0.3 is 39.3 Å². The predicted molar refractivity (Wildman–Crippen MR) is 82.4 cm³/mol.